The van der Waals surface area contributed by atoms with Crippen LogP contribution >= 0.6 is 0 Å². The van der Waals surface area contributed by atoms with E-state index >= 15 is 0 Å². The lowest BCUT2D eigenvalue weighted by Gasteiger charge is -2.28. The SMILES string of the molecule is COC(=O)c1ccc(/C=C(\COc2cccc3ccccc23)CN(CCc2ccc(O)cc2)C(=O)OC(C)(C)C)cc1. The second kappa shape index (κ2) is 13.7. The predicted octanol–water partition coefficient (Wildman–Crippen LogP) is 7.27. The molecule has 0 spiro atoms. The van der Waals surface area contributed by atoms with Crippen LogP contribution in [0.2, 0.25) is 0 Å². The lowest BCUT2D eigenvalue weighted by molar-refractivity contribution is 0.0266. The number of esters is 1. The van der Waals surface area contributed by atoms with Crippen molar-refractivity contribution in [2.45, 2.75) is 32.8 Å². The van der Waals surface area contributed by atoms with Crippen LogP contribution in [0, 0.1) is 0 Å². The number of hydrogen-bond donors (Lipinski definition) is 1. The minimum atomic E-state index is -0.666. The largest absolute Gasteiger partial charge is 0.508 e. The maximum absolute atomic E-state index is 13.4. The van der Waals surface area contributed by atoms with Gasteiger partial charge in [-0.1, -0.05) is 66.7 Å². The molecule has 0 atom stereocenters. The molecule has 42 heavy (non-hydrogen) atoms. The van der Waals surface area contributed by atoms with Gasteiger partial charge in [0.15, 0.2) is 0 Å². The fourth-order valence-corrected chi connectivity index (χ4v) is 4.43. The summed E-state index contributed by atoms with van der Waals surface area (Å²) >= 11 is 0. The van der Waals surface area contributed by atoms with Gasteiger partial charge in [-0.05, 0) is 79.6 Å². The fraction of sp³-hybridized carbons (Fsp3) is 0.257. The highest BCUT2D eigenvalue weighted by molar-refractivity contribution is 5.89. The van der Waals surface area contributed by atoms with Crippen LogP contribution in [0.5, 0.6) is 11.5 Å². The summed E-state index contributed by atoms with van der Waals surface area (Å²) in [5.41, 5.74) is 2.46. The van der Waals surface area contributed by atoms with Gasteiger partial charge in [0.2, 0.25) is 0 Å². The number of methoxy groups -OCH3 is 1. The Morgan fingerprint density at radius 3 is 2.26 bits per heavy atom. The van der Waals surface area contributed by atoms with E-state index in [4.69, 9.17) is 14.2 Å². The molecule has 0 bridgehead atoms. The van der Waals surface area contributed by atoms with E-state index in [9.17, 15) is 14.7 Å². The van der Waals surface area contributed by atoms with Gasteiger partial charge < -0.3 is 24.2 Å². The highest BCUT2D eigenvalue weighted by Crippen LogP contribution is 2.26. The molecule has 0 radical (unpaired) electrons. The van der Waals surface area contributed by atoms with E-state index in [1.54, 1.807) is 29.2 Å². The summed E-state index contributed by atoms with van der Waals surface area (Å²) < 4.78 is 16.9. The van der Waals surface area contributed by atoms with Crippen LogP contribution < -0.4 is 4.74 Å². The maximum atomic E-state index is 13.4. The Hall–Kier alpha value is -4.78. The molecule has 0 fully saturated rings. The van der Waals surface area contributed by atoms with Crippen LogP contribution in [0.25, 0.3) is 16.8 Å². The normalized spacial score (nSPS) is 11.7. The summed E-state index contributed by atoms with van der Waals surface area (Å²) in [5.74, 6) is 0.528. The molecule has 0 aliphatic heterocycles. The van der Waals surface area contributed by atoms with Gasteiger partial charge >= 0.3 is 12.1 Å². The van der Waals surface area contributed by atoms with Crippen molar-refractivity contribution in [2.24, 2.45) is 0 Å². The number of benzene rings is 4. The van der Waals surface area contributed by atoms with Gasteiger partial charge in [0.25, 0.3) is 0 Å². The van der Waals surface area contributed by atoms with Gasteiger partial charge in [-0.25, -0.2) is 9.59 Å². The number of aromatic hydroxyl groups is 1. The highest BCUT2D eigenvalue weighted by atomic mass is 16.6. The third kappa shape index (κ3) is 8.61. The second-order valence-electron chi connectivity index (χ2n) is 11.0. The first-order valence-electron chi connectivity index (χ1n) is 13.9. The number of nitrogens with zero attached hydrogens (tertiary/aromatic N) is 1. The van der Waals surface area contributed by atoms with Crippen molar-refractivity contribution in [3.05, 3.63) is 113 Å². The van der Waals surface area contributed by atoms with Crippen molar-refractivity contribution in [1.29, 1.82) is 0 Å². The number of ether oxygens (including phenoxy) is 3. The summed E-state index contributed by atoms with van der Waals surface area (Å²) in [5, 5.41) is 11.7. The van der Waals surface area contributed by atoms with Crippen LogP contribution in [-0.2, 0) is 15.9 Å². The van der Waals surface area contributed by atoms with Crippen LogP contribution in [-0.4, -0.2) is 54.5 Å². The Bertz CT molecular complexity index is 1530. The molecule has 0 aromatic heterocycles. The summed E-state index contributed by atoms with van der Waals surface area (Å²) in [6.07, 6.45) is 2.10. The Labute approximate surface area is 246 Å². The van der Waals surface area contributed by atoms with Crippen LogP contribution in [0.3, 0.4) is 0 Å². The number of phenolic OH excluding ortho intramolecular Hbond substituents is 1. The Balaban J connectivity index is 1.63. The number of hydrogen-bond acceptors (Lipinski definition) is 6. The third-order valence-corrected chi connectivity index (χ3v) is 6.52. The predicted molar refractivity (Wildman–Crippen MR) is 165 cm³/mol. The number of fused-ring (bicyclic) bond motifs is 1. The highest BCUT2D eigenvalue weighted by Gasteiger charge is 2.23. The van der Waals surface area contributed by atoms with Crippen LogP contribution in [0.15, 0.2) is 96.6 Å². The quantitative estimate of drug-likeness (QED) is 0.203. The van der Waals surface area contributed by atoms with Crippen molar-refractivity contribution in [3.63, 3.8) is 0 Å². The van der Waals surface area contributed by atoms with Crippen molar-refractivity contribution < 1.29 is 28.9 Å². The van der Waals surface area contributed by atoms with Crippen molar-refractivity contribution >= 4 is 28.9 Å². The minimum absolute atomic E-state index is 0.191. The second-order valence-corrected chi connectivity index (χ2v) is 11.0. The van der Waals surface area contributed by atoms with Crippen molar-refractivity contribution in [1.82, 2.24) is 4.90 Å². The molecule has 7 heteroatoms. The average Bonchev–Trinajstić information content (AvgIpc) is 2.97. The van der Waals surface area contributed by atoms with Crippen LogP contribution in [0.1, 0.15) is 42.3 Å². The molecule has 0 heterocycles. The molecule has 0 saturated heterocycles. The van der Waals surface area contributed by atoms with Crippen molar-refractivity contribution in [2.75, 3.05) is 26.8 Å². The standard InChI is InChI=1S/C35H37NO6/c1-35(2,3)42-34(39)36(21-20-25-14-18-30(37)19-15-25)23-27(22-26-12-16-29(17-13-26)33(38)40-4)24-41-32-11-7-9-28-8-5-6-10-31(28)32/h5-19,22,37H,20-21,23-24H2,1-4H3/b27-22-. The molecule has 1 N–H and O–H groups in total. The van der Waals surface area contributed by atoms with E-state index in [1.807, 2.05) is 93.6 Å². The smallest absolute Gasteiger partial charge is 0.410 e. The number of carbonyl (C=O) groups is 2. The molecule has 0 saturated carbocycles. The first kappa shape index (κ1) is 30.2. The topological polar surface area (TPSA) is 85.3 Å². The van der Waals surface area contributed by atoms with Gasteiger partial charge in [0, 0.05) is 18.5 Å². The van der Waals surface area contributed by atoms with E-state index < -0.39 is 17.7 Å². The zero-order valence-corrected chi connectivity index (χ0v) is 24.5. The Morgan fingerprint density at radius 2 is 1.57 bits per heavy atom. The summed E-state index contributed by atoms with van der Waals surface area (Å²) in [7, 11) is 1.35. The molecular formula is C35H37NO6. The van der Waals surface area contributed by atoms with Crippen molar-refractivity contribution in [3.8, 4) is 11.5 Å². The molecule has 4 aromatic carbocycles. The summed E-state index contributed by atoms with van der Waals surface area (Å²) in [6, 6.07) is 28.0. The van der Waals surface area contributed by atoms with Gasteiger partial charge in [-0.3, -0.25) is 0 Å². The van der Waals surface area contributed by atoms with E-state index in [-0.39, 0.29) is 18.9 Å². The molecule has 0 aliphatic carbocycles. The monoisotopic (exact) mass is 567 g/mol. The van der Waals surface area contributed by atoms with E-state index in [0.717, 1.165) is 33.2 Å². The average molecular weight is 568 g/mol. The van der Waals surface area contributed by atoms with Gasteiger partial charge in [0.1, 0.15) is 23.7 Å². The number of rotatable bonds is 10. The van der Waals surface area contributed by atoms with E-state index in [1.165, 1.54) is 7.11 Å². The molecule has 218 valence electrons. The molecule has 4 rings (SSSR count). The maximum Gasteiger partial charge on any atom is 0.410 e. The Morgan fingerprint density at radius 1 is 0.881 bits per heavy atom. The minimum Gasteiger partial charge on any atom is -0.508 e. The zero-order valence-electron chi connectivity index (χ0n) is 24.5. The lowest BCUT2D eigenvalue weighted by Crippen LogP contribution is -2.39. The first-order chi connectivity index (χ1) is 20.1. The van der Waals surface area contributed by atoms with E-state index in [2.05, 4.69) is 0 Å². The molecule has 1 amide bonds. The lowest BCUT2D eigenvalue weighted by atomic mass is 10.1. The number of phenols is 1. The number of amides is 1. The zero-order chi connectivity index (χ0) is 30.1. The van der Waals surface area contributed by atoms with Gasteiger partial charge in [-0.15, -0.1) is 0 Å². The number of carbonyl (C=O) groups excluding carboxylic acids is 2. The Kier molecular flexibility index (Phi) is 9.86. The summed E-state index contributed by atoms with van der Waals surface area (Å²) in [4.78, 5) is 27.0. The summed E-state index contributed by atoms with van der Waals surface area (Å²) in [6.45, 7) is 6.40. The molecule has 7 nitrogen and oxygen atoms in total. The molecule has 0 unspecified atom stereocenters. The fourth-order valence-electron chi connectivity index (χ4n) is 4.43. The molecule has 4 aromatic rings. The van der Waals surface area contributed by atoms with Gasteiger partial charge in [-0.2, -0.15) is 0 Å². The van der Waals surface area contributed by atoms with E-state index in [0.29, 0.717) is 18.5 Å². The third-order valence-electron chi connectivity index (χ3n) is 6.52. The molecule has 0 aliphatic rings. The molecular weight excluding hydrogens is 530 g/mol. The first-order valence-corrected chi connectivity index (χ1v) is 13.9. The van der Waals surface area contributed by atoms with Crippen LogP contribution in [0.4, 0.5) is 4.79 Å². The van der Waals surface area contributed by atoms with Gasteiger partial charge in [0.05, 0.1) is 12.7 Å².